The number of thiophene rings is 1. The molecule has 6 nitrogen and oxygen atoms in total. The van der Waals surface area contributed by atoms with E-state index in [4.69, 9.17) is 5.73 Å². The number of aromatic nitrogens is 3. The molecule has 24 heavy (non-hydrogen) atoms. The summed E-state index contributed by atoms with van der Waals surface area (Å²) in [5.74, 6) is -0.641. The Morgan fingerprint density at radius 1 is 1.25 bits per heavy atom. The van der Waals surface area contributed by atoms with Crippen LogP contribution in [0.2, 0.25) is 0 Å². The zero-order valence-electron chi connectivity index (χ0n) is 12.4. The lowest BCUT2D eigenvalue weighted by Crippen LogP contribution is -2.11. The van der Waals surface area contributed by atoms with Gasteiger partial charge in [0.1, 0.15) is 9.71 Å². The summed E-state index contributed by atoms with van der Waals surface area (Å²) in [6.07, 6.45) is -4.60. The fourth-order valence-corrected chi connectivity index (χ4v) is 3.90. The number of nitrogens with zero attached hydrogens (tertiary/aromatic N) is 3. The summed E-state index contributed by atoms with van der Waals surface area (Å²) in [5.41, 5.74) is 7.92. The van der Waals surface area contributed by atoms with Crippen molar-refractivity contribution in [3.05, 3.63) is 27.2 Å². The predicted molar refractivity (Wildman–Crippen MR) is 86.4 cm³/mol. The number of nitrogens with two attached hydrogens (primary N) is 1. The predicted octanol–water partition coefficient (Wildman–Crippen LogP) is 3.62. The summed E-state index contributed by atoms with van der Waals surface area (Å²) < 4.78 is 37.5. The van der Waals surface area contributed by atoms with Gasteiger partial charge in [-0.2, -0.15) is 13.2 Å². The van der Waals surface area contributed by atoms with Crippen molar-refractivity contribution in [2.24, 2.45) is 0 Å². The van der Waals surface area contributed by atoms with Crippen LogP contribution in [0.1, 0.15) is 25.9 Å². The lowest BCUT2D eigenvalue weighted by molar-refractivity contribution is -0.138. The van der Waals surface area contributed by atoms with Crippen LogP contribution in [0.5, 0.6) is 0 Å². The average Bonchev–Trinajstić information content (AvgIpc) is 3.03. The largest absolute Gasteiger partial charge is 0.445 e. The molecule has 0 atom stereocenters. The molecular formula is C13H10F3N5OS2. The maximum atomic E-state index is 12.5. The molecule has 0 saturated carbocycles. The van der Waals surface area contributed by atoms with Crippen molar-refractivity contribution in [1.82, 2.24) is 15.2 Å². The second-order valence-electron chi connectivity index (χ2n) is 4.97. The molecule has 0 radical (unpaired) electrons. The maximum absolute atomic E-state index is 12.5. The van der Waals surface area contributed by atoms with Gasteiger partial charge in [0, 0.05) is 11.1 Å². The Labute approximate surface area is 141 Å². The number of nitrogen functional groups attached to an aromatic ring is 1. The van der Waals surface area contributed by atoms with E-state index in [0.29, 0.717) is 10.2 Å². The molecule has 0 spiro atoms. The molecule has 0 aromatic carbocycles. The van der Waals surface area contributed by atoms with Crippen LogP contribution in [-0.2, 0) is 6.18 Å². The summed E-state index contributed by atoms with van der Waals surface area (Å²) in [6.45, 7) is 3.67. The number of pyridine rings is 1. The molecule has 3 rings (SSSR count). The smallest absolute Gasteiger partial charge is 0.397 e. The SMILES string of the molecule is Cc1cc(C)c2c(N)c(C(=O)Nc3nnc(C(F)(F)F)s3)sc2n1. The second-order valence-corrected chi connectivity index (χ2v) is 6.95. The lowest BCUT2D eigenvalue weighted by atomic mass is 10.1. The molecule has 0 aliphatic carbocycles. The molecule has 0 aliphatic heterocycles. The highest BCUT2D eigenvalue weighted by atomic mass is 32.1. The van der Waals surface area contributed by atoms with Crippen LogP contribution in [0.4, 0.5) is 24.0 Å². The number of carbonyl (C=O) groups is 1. The fourth-order valence-electron chi connectivity index (χ4n) is 2.18. The van der Waals surface area contributed by atoms with Gasteiger partial charge in [0.05, 0.1) is 5.69 Å². The van der Waals surface area contributed by atoms with Crippen LogP contribution in [0, 0.1) is 13.8 Å². The van der Waals surface area contributed by atoms with E-state index in [-0.39, 0.29) is 27.0 Å². The standard InChI is InChI=1S/C13H10F3N5OS2/c1-4-3-5(2)18-10-6(4)7(17)8(23-10)9(22)19-12-21-20-11(24-12)13(14,15)16/h3H,17H2,1-2H3,(H,19,21,22). The third-order valence-corrected chi connectivity index (χ3v) is 5.10. The molecule has 3 aromatic heterocycles. The Hall–Kier alpha value is -2.27. The van der Waals surface area contributed by atoms with Crippen molar-refractivity contribution in [2.75, 3.05) is 11.1 Å². The van der Waals surface area contributed by atoms with Crippen LogP contribution in [0.25, 0.3) is 10.2 Å². The van der Waals surface area contributed by atoms with Crippen molar-refractivity contribution < 1.29 is 18.0 Å². The van der Waals surface area contributed by atoms with Gasteiger partial charge in [0.2, 0.25) is 10.1 Å². The quantitative estimate of drug-likeness (QED) is 0.716. The number of hydrogen-bond donors (Lipinski definition) is 2. The minimum absolute atomic E-state index is 0.176. The Morgan fingerprint density at radius 2 is 1.96 bits per heavy atom. The zero-order valence-corrected chi connectivity index (χ0v) is 14.0. The topological polar surface area (TPSA) is 93.8 Å². The van der Waals surface area contributed by atoms with Gasteiger partial charge in [-0.15, -0.1) is 21.5 Å². The highest BCUT2D eigenvalue weighted by Crippen LogP contribution is 2.36. The molecular weight excluding hydrogens is 363 g/mol. The zero-order chi connectivity index (χ0) is 17.6. The molecule has 11 heteroatoms. The molecule has 3 heterocycles. The van der Waals surface area contributed by atoms with Crippen LogP contribution in [-0.4, -0.2) is 21.1 Å². The Bertz CT molecular complexity index is 947. The number of aryl methyl sites for hydroxylation is 2. The van der Waals surface area contributed by atoms with Gasteiger partial charge in [0.25, 0.3) is 5.91 Å². The van der Waals surface area contributed by atoms with Crippen LogP contribution in [0.15, 0.2) is 6.07 Å². The number of fused-ring (bicyclic) bond motifs is 1. The molecule has 0 unspecified atom stereocenters. The Morgan fingerprint density at radius 3 is 2.58 bits per heavy atom. The van der Waals surface area contributed by atoms with E-state index in [2.05, 4.69) is 20.5 Å². The molecule has 0 saturated heterocycles. The molecule has 1 amide bonds. The summed E-state index contributed by atoms with van der Waals surface area (Å²) in [5, 5.41) is 7.93. The highest BCUT2D eigenvalue weighted by Gasteiger charge is 2.36. The third kappa shape index (κ3) is 2.91. The molecule has 0 fully saturated rings. The van der Waals surface area contributed by atoms with Gasteiger partial charge in [0.15, 0.2) is 0 Å². The first-order valence-corrected chi connectivity index (χ1v) is 8.18. The van der Waals surface area contributed by atoms with Crippen LogP contribution < -0.4 is 11.1 Å². The number of alkyl halides is 3. The number of nitrogens with one attached hydrogen (secondary N) is 1. The van der Waals surface area contributed by atoms with E-state index in [1.165, 1.54) is 0 Å². The number of carbonyl (C=O) groups excluding carboxylic acids is 1. The minimum Gasteiger partial charge on any atom is -0.397 e. The average molecular weight is 373 g/mol. The maximum Gasteiger partial charge on any atom is 0.445 e. The molecule has 0 bridgehead atoms. The van der Waals surface area contributed by atoms with E-state index >= 15 is 0 Å². The van der Waals surface area contributed by atoms with Crippen molar-refractivity contribution in [2.45, 2.75) is 20.0 Å². The van der Waals surface area contributed by atoms with Gasteiger partial charge in [-0.3, -0.25) is 10.1 Å². The molecule has 3 aromatic rings. The summed E-state index contributed by atoms with van der Waals surface area (Å²) in [7, 11) is 0. The lowest BCUT2D eigenvalue weighted by Gasteiger charge is -2.01. The van der Waals surface area contributed by atoms with Crippen molar-refractivity contribution in [3.63, 3.8) is 0 Å². The van der Waals surface area contributed by atoms with Crippen LogP contribution in [0.3, 0.4) is 0 Å². The van der Waals surface area contributed by atoms with E-state index in [0.717, 1.165) is 22.6 Å². The number of rotatable bonds is 2. The van der Waals surface area contributed by atoms with E-state index < -0.39 is 17.1 Å². The summed E-state index contributed by atoms with van der Waals surface area (Å²) in [6, 6.07) is 1.84. The van der Waals surface area contributed by atoms with Crippen LogP contribution >= 0.6 is 22.7 Å². The van der Waals surface area contributed by atoms with E-state index in [9.17, 15) is 18.0 Å². The number of halogens is 3. The van der Waals surface area contributed by atoms with Gasteiger partial charge >= 0.3 is 6.18 Å². The van der Waals surface area contributed by atoms with Gasteiger partial charge < -0.3 is 5.73 Å². The normalized spacial score (nSPS) is 11.9. The minimum atomic E-state index is -4.60. The highest BCUT2D eigenvalue weighted by molar-refractivity contribution is 7.21. The summed E-state index contributed by atoms with van der Waals surface area (Å²) >= 11 is 1.33. The molecule has 3 N–H and O–H groups in total. The van der Waals surface area contributed by atoms with Crippen molar-refractivity contribution >= 4 is 49.6 Å². The number of amides is 1. The first kappa shape index (κ1) is 16.6. The summed E-state index contributed by atoms with van der Waals surface area (Å²) in [4.78, 5) is 17.4. The van der Waals surface area contributed by atoms with E-state index in [1.54, 1.807) is 0 Å². The monoisotopic (exact) mass is 373 g/mol. The second kappa shape index (κ2) is 5.67. The first-order valence-electron chi connectivity index (χ1n) is 6.55. The molecule has 0 aliphatic rings. The van der Waals surface area contributed by atoms with E-state index in [1.807, 2.05) is 19.9 Å². The first-order chi connectivity index (χ1) is 11.2. The van der Waals surface area contributed by atoms with Gasteiger partial charge in [-0.05, 0) is 25.5 Å². The number of anilines is 2. The Balaban J connectivity index is 1.93. The van der Waals surface area contributed by atoms with Gasteiger partial charge in [-0.25, -0.2) is 4.98 Å². The fraction of sp³-hybridized carbons (Fsp3) is 0.231. The third-order valence-electron chi connectivity index (χ3n) is 3.12. The van der Waals surface area contributed by atoms with Crippen molar-refractivity contribution in [1.29, 1.82) is 0 Å². The van der Waals surface area contributed by atoms with Gasteiger partial charge in [-0.1, -0.05) is 11.3 Å². The van der Waals surface area contributed by atoms with Crippen molar-refractivity contribution in [3.8, 4) is 0 Å². The number of hydrogen-bond acceptors (Lipinski definition) is 7. The molecule has 126 valence electrons. The Kier molecular flexibility index (Phi) is 3.92.